The average Bonchev–Trinajstić information content (AvgIpc) is 2.22. The summed E-state index contributed by atoms with van der Waals surface area (Å²) < 4.78 is 9.40. The van der Waals surface area contributed by atoms with Crippen molar-refractivity contribution in [2.75, 3.05) is 14.2 Å². The summed E-state index contributed by atoms with van der Waals surface area (Å²) in [6.45, 7) is 3.50. The van der Waals surface area contributed by atoms with Crippen molar-refractivity contribution < 1.29 is 19.1 Å². The zero-order valence-electron chi connectivity index (χ0n) is 9.05. The summed E-state index contributed by atoms with van der Waals surface area (Å²) in [6.07, 6.45) is 1.34. The maximum absolute atomic E-state index is 11.5. The summed E-state index contributed by atoms with van der Waals surface area (Å²) in [5, 5.41) is 0. The number of rotatable bonds is 2. The molecule has 0 aromatic heterocycles. The molecular formula is C10H16O4. The maximum Gasteiger partial charge on any atom is 0.312 e. The Morgan fingerprint density at radius 2 is 1.21 bits per heavy atom. The second kappa shape index (κ2) is 3.26. The van der Waals surface area contributed by atoms with E-state index in [-0.39, 0.29) is 11.9 Å². The van der Waals surface area contributed by atoms with Crippen LogP contribution < -0.4 is 0 Å². The van der Waals surface area contributed by atoms with Crippen molar-refractivity contribution in [2.45, 2.75) is 26.7 Å². The first-order valence-electron chi connectivity index (χ1n) is 4.59. The lowest BCUT2D eigenvalue weighted by Gasteiger charge is -2.51. The normalized spacial score (nSPS) is 35.7. The summed E-state index contributed by atoms with van der Waals surface area (Å²) in [6, 6.07) is 0. The third kappa shape index (κ3) is 1.13. The first-order chi connectivity index (χ1) is 6.42. The van der Waals surface area contributed by atoms with E-state index in [1.165, 1.54) is 14.2 Å². The Kier molecular flexibility index (Phi) is 2.56. The molecule has 1 aliphatic rings. The topological polar surface area (TPSA) is 52.6 Å². The van der Waals surface area contributed by atoms with Crippen LogP contribution in [0.1, 0.15) is 26.7 Å². The summed E-state index contributed by atoms with van der Waals surface area (Å²) >= 11 is 0. The maximum atomic E-state index is 11.5. The Hall–Kier alpha value is -1.06. The molecule has 14 heavy (non-hydrogen) atoms. The van der Waals surface area contributed by atoms with Gasteiger partial charge >= 0.3 is 11.9 Å². The van der Waals surface area contributed by atoms with Crippen molar-refractivity contribution in [3.63, 3.8) is 0 Å². The van der Waals surface area contributed by atoms with Gasteiger partial charge in [0.1, 0.15) is 0 Å². The molecule has 0 spiro atoms. The van der Waals surface area contributed by atoms with Crippen LogP contribution in [0.5, 0.6) is 0 Å². The standard InChI is InChI=1S/C10H16O4/c1-9(7(11)13-3)5-6-10(9,2)8(12)14-4/h5-6H2,1-4H3. The van der Waals surface area contributed by atoms with E-state index < -0.39 is 10.8 Å². The molecular weight excluding hydrogens is 184 g/mol. The molecule has 0 heterocycles. The van der Waals surface area contributed by atoms with Gasteiger partial charge in [0.2, 0.25) is 0 Å². The first kappa shape index (κ1) is 11.0. The minimum Gasteiger partial charge on any atom is -0.469 e. The van der Waals surface area contributed by atoms with E-state index in [1.54, 1.807) is 13.8 Å². The summed E-state index contributed by atoms with van der Waals surface area (Å²) in [5.41, 5.74) is -1.45. The zero-order valence-corrected chi connectivity index (χ0v) is 9.05. The monoisotopic (exact) mass is 200 g/mol. The van der Waals surface area contributed by atoms with Crippen LogP contribution in [0, 0.1) is 10.8 Å². The number of hydrogen-bond donors (Lipinski definition) is 0. The number of hydrogen-bond acceptors (Lipinski definition) is 4. The van der Waals surface area contributed by atoms with E-state index in [1.807, 2.05) is 0 Å². The van der Waals surface area contributed by atoms with Gasteiger partial charge in [0.05, 0.1) is 25.0 Å². The Bertz CT molecular complexity index is 245. The summed E-state index contributed by atoms with van der Waals surface area (Å²) in [5.74, 6) is -0.673. The number of carbonyl (C=O) groups is 2. The highest BCUT2D eigenvalue weighted by Crippen LogP contribution is 2.57. The predicted molar refractivity (Wildman–Crippen MR) is 49.5 cm³/mol. The molecule has 2 unspecified atom stereocenters. The van der Waals surface area contributed by atoms with E-state index >= 15 is 0 Å². The fourth-order valence-electron chi connectivity index (χ4n) is 1.98. The molecule has 0 aromatic rings. The molecule has 4 nitrogen and oxygen atoms in total. The molecule has 1 saturated carbocycles. The summed E-state index contributed by atoms with van der Waals surface area (Å²) in [4.78, 5) is 23.0. The van der Waals surface area contributed by atoms with Crippen molar-refractivity contribution in [3.8, 4) is 0 Å². The highest BCUT2D eigenvalue weighted by molar-refractivity contribution is 5.89. The molecule has 0 N–H and O–H groups in total. The smallest absolute Gasteiger partial charge is 0.312 e. The first-order valence-corrected chi connectivity index (χ1v) is 4.59. The molecule has 4 heteroatoms. The fraction of sp³-hybridized carbons (Fsp3) is 0.800. The lowest BCUT2D eigenvalue weighted by atomic mass is 9.51. The van der Waals surface area contributed by atoms with Gasteiger partial charge < -0.3 is 9.47 Å². The Morgan fingerprint density at radius 1 is 0.929 bits per heavy atom. The third-order valence-corrected chi connectivity index (χ3v) is 3.61. The van der Waals surface area contributed by atoms with E-state index in [0.717, 1.165) is 0 Å². The van der Waals surface area contributed by atoms with Gasteiger partial charge in [0, 0.05) is 0 Å². The Labute approximate surface area is 83.6 Å². The van der Waals surface area contributed by atoms with Gasteiger partial charge in [-0.2, -0.15) is 0 Å². The zero-order chi connectivity index (χ0) is 11.0. The van der Waals surface area contributed by atoms with E-state index in [4.69, 9.17) is 9.47 Å². The van der Waals surface area contributed by atoms with E-state index in [0.29, 0.717) is 12.8 Å². The number of ether oxygens (including phenoxy) is 2. The van der Waals surface area contributed by atoms with Gasteiger partial charge in [-0.25, -0.2) is 0 Å². The van der Waals surface area contributed by atoms with Gasteiger partial charge in [-0.3, -0.25) is 9.59 Å². The average molecular weight is 200 g/mol. The van der Waals surface area contributed by atoms with Crippen molar-refractivity contribution >= 4 is 11.9 Å². The molecule has 80 valence electrons. The molecule has 1 rings (SSSR count). The van der Waals surface area contributed by atoms with Crippen LogP contribution in [0.3, 0.4) is 0 Å². The third-order valence-electron chi connectivity index (χ3n) is 3.61. The van der Waals surface area contributed by atoms with Crippen molar-refractivity contribution in [3.05, 3.63) is 0 Å². The second-order valence-electron chi connectivity index (χ2n) is 4.15. The van der Waals surface area contributed by atoms with E-state index in [9.17, 15) is 9.59 Å². The molecule has 0 saturated heterocycles. The summed E-state index contributed by atoms with van der Waals surface area (Å²) in [7, 11) is 2.67. The Morgan fingerprint density at radius 3 is 1.36 bits per heavy atom. The molecule has 1 aliphatic carbocycles. The molecule has 0 aromatic carbocycles. The van der Waals surface area contributed by atoms with Crippen LogP contribution in [0.4, 0.5) is 0 Å². The lowest BCUT2D eigenvalue weighted by molar-refractivity contribution is -0.191. The number of methoxy groups -OCH3 is 2. The minimum atomic E-state index is -0.727. The van der Waals surface area contributed by atoms with Crippen LogP contribution in [0.25, 0.3) is 0 Å². The van der Waals surface area contributed by atoms with Gasteiger partial charge in [-0.05, 0) is 26.7 Å². The van der Waals surface area contributed by atoms with E-state index in [2.05, 4.69) is 0 Å². The quantitative estimate of drug-likeness (QED) is 0.627. The Balaban J connectivity index is 2.93. The SMILES string of the molecule is COC(=O)C1(C)CCC1(C)C(=O)OC. The van der Waals surface area contributed by atoms with Crippen LogP contribution in [-0.2, 0) is 19.1 Å². The molecule has 0 radical (unpaired) electrons. The van der Waals surface area contributed by atoms with Crippen LogP contribution in [-0.4, -0.2) is 26.2 Å². The lowest BCUT2D eigenvalue weighted by Crippen LogP contribution is -2.57. The van der Waals surface area contributed by atoms with Gasteiger partial charge in [-0.15, -0.1) is 0 Å². The molecule has 2 atom stereocenters. The molecule has 0 amide bonds. The minimum absolute atomic E-state index is 0.336. The molecule has 0 bridgehead atoms. The highest BCUT2D eigenvalue weighted by atomic mass is 16.5. The van der Waals surface area contributed by atoms with Gasteiger partial charge in [0.15, 0.2) is 0 Å². The molecule has 1 fully saturated rings. The van der Waals surface area contributed by atoms with Crippen LogP contribution in [0.2, 0.25) is 0 Å². The largest absolute Gasteiger partial charge is 0.469 e. The number of esters is 2. The van der Waals surface area contributed by atoms with Crippen molar-refractivity contribution in [1.82, 2.24) is 0 Å². The van der Waals surface area contributed by atoms with Crippen LogP contribution in [0.15, 0.2) is 0 Å². The highest BCUT2D eigenvalue weighted by Gasteiger charge is 2.63. The van der Waals surface area contributed by atoms with Crippen molar-refractivity contribution in [1.29, 1.82) is 0 Å². The van der Waals surface area contributed by atoms with Crippen molar-refractivity contribution in [2.24, 2.45) is 10.8 Å². The molecule has 0 aliphatic heterocycles. The fourth-order valence-corrected chi connectivity index (χ4v) is 1.98. The predicted octanol–water partition coefficient (Wildman–Crippen LogP) is 1.14. The second-order valence-corrected chi connectivity index (χ2v) is 4.15. The van der Waals surface area contributed by atoms with Gasteiger partial charge in [0.25, 0.3) is 0 Å². The van der Waals surface area contributed by atoms with Gasteiger partial charge in [-0.1, -0.05) is 0 Å². The van der Waals surface area contributed by atoms with Crippen LogP contribution >= 0.6 is 0 Å². The number of carbonyl (C=O) groups excluding carboxylic acids is 2.